The van der Waals surface area contributed by atoms with Gasteiger partial charge in [-0.2, -0.15) is 0 Å². The van der Waals surface area contributed by atoms with Gasteiger partial charge in [0.2, 0.25) is 0 Å². The van der Waals surface area contributed by atoms with Gasteiger partial charge in [0, 0.05) is 12.6 Å². The van der Waals surface area contributed by atoms with Gasteiger partial charge < -0.3 is 15.2 Å². The largest absolute Gasteiger partial charge is 0.389 e. The van der Waals surface area contributed by atoms with Crippen molar-refractivity contribution in [3.63, 3.8) is 0 Å². The van der Waals surface area contributed by atoms with Gasteiger partial charge in [0.05, 0.1) is 18.8 Å². The molecular formula is C13H27NO2. The number of nitrogens with one attached hydrogen (secondary N) is 1. The lowest BCUT2D eigenvalue weighted by atomic mass is 9.87. The second-order valence-corrected chi connectivity index (χ2v) is 5.40. The van der Waals surface area contributed by atoms with E-state index in [2.05, 4.69) is 12.2 Å². The highest BCUT2D eigenvalue weighted by molar-refractivity contribution is 4.76. The van der Waals surface area contributed by atoms with Gasteiger partial charge in [-0.05, 0) is 45.4 Å². The second kappa shape index (κ2) is 7.25. The van der Waals surface area contributed by atoms with Crippen LogP contribution in [-0.4, -0.2) is 36.5 Å². The summed E-state index contributed by atoms with van der Waals surface area (Å²) in [7, 11) is 0. The average molecular weight is 229 g/mol. The summed E-state index contributed by atoms with van der Waals surface area (Å²) in [5.74, 6) is 0.882. The normalized spacial score (nSPS) is 28.3. The molecule has 0 bridgehead atoms. The van der Waals surface area contributed by atoms with Crippen molar-refractivity contribution < 1.29 is 9.84 Å². The monoisotopic (exact) mass is 229 g/mol. The molecule has 0 aromatic heterocycles. The maximum atomic E-state index is 9.69. The fourth-order valence-corrected chi connectivity index (χ4v) is 2.13. The van der Waals surface area contributed by atoms with Crippen LogP contribution in [0.4, 0.5) is 0 Å². The van der Waals surface area contributed by atoms with Gasteiger partial charge in [0.25, 0.3) is 0 Å². The highest BCUT2D eigenvalue weighted by Crippen LogP contribution is 2.23. The van der Waals surface area contributed by atoms with Crippen LogP contribution >= 0.6 is 0 Å². The first-order valence-corrected chi connectivity index (χ1v) is 6.61. The molecule has 1 unspecified atom stereocenters. The minimum Gasteiger partial charge on any atom is -0.389 e. The third-order valence-electron chi connectivity index (χ3n) is 3.28. The molecule has 0 spiro atoms. The molecule has 1 aliphatic rings. The van der Waals surface area contributed by atoms with Crippen LogP contribution in [0, 0.1) is 5.92 Å². The Morgan fingerprint density at radius 3 is 2.44 bits per heavy atom. The van der Waals surface area contributed by atoms with Crippen LogP contribution < -0.4 is 5.32 Å². The van der Waals surface area contributed by atoms with Crippen LogP contribution in [0.15, 0.2) is 0 Å². The number of aliphatic hydroxyl groups is 1. The molecule has 1 atom stereocenters. The van der Waals surface area contributed by atoms with Gasteiger partial charge in [-0.25, -0.2) is 0 Å². The fourth-order valence-electron chi connectivity index (χ4n) is 2.13. The molecule has 0 heterocycles. The highest BCUT2D eigenvalue weighted by atomic mass is 16.5. The quantitative estimate of drug-likeness (QED) is 0.731. The zero-order chi connectivity index (χ0) is 12.0. The van der Waals surface area contributed by atoms with Crippen molar-refractivity contribution in [2.24, 2.45) is 5.92 Å². The van der Waals surface area contributed by atoms with Gasteiger partial charge in [-0.15, -0.1) is 0 Å². The van der Waals surface area contributed by atoms with Crippen molar-refractivity contribution in [2.75, 3.05) is 13.2 Å². The predicted octanol–water partition coefficient (Wildman–Crippen LogP) is 1.94. The summed E-state index contributed by atoms with van der Waals surface area (Å²) in [6.45, 7) is 7.40. The van der Waals surface area contributed by atoms with Crippen molar-refractivity contribution >= 4 is 0 Å². The Morgan fingerprint density at radius 1 is 1.25 bits per heavy atom. The van der Waals surface area contributed by atoms with Gasteiger partial charge in [-0.1, -0.05) is 6.92 Å². The predicted molar refractivity (Wildman–Crippen MR) is 66.5 cm³/mol. The van der Waals surface area contributed by atoms with E-state index < -0.39 is 0 Å². The first kappa shape index (κ1) is 13.9. The van der Waals surface area contributed by atoms with Crippen molar-refractivity contribution in [1.82, 2.24) is 5.32 Å². The van der Waals surface area contributed by atoms with Crippen molar-refractivity contribution in [3.8, 4) is 0 Å². The molecule has 2 N–H and O–H groups in total. The molecular weight excluding hydrogens is 202 g/mol. The molecule has 1 saturated carbocycles. The van der Waals surface area contributed by atoms with E-state index in [0.717, 1.165) is 5.92 Å². The Hall–Kier alpha value is -0.120. The van der Waals surface area contributed by atoms with Crippen molar-refractivity contribution in [3.05, 3.63) is 0 Å². The molecule has 0 radical (unpaired) electrons. The van der Waals surface area contributed by atoms with Crippen molar-refractivity contribution in [1.29, 1.82) is 0 Å². The molecule has 16 heavy (non-hydrogen) atoms. The first-order valence-electron chi connectivity index (χ1n) is 6.61. The zero-order valence-corrected chi connectivity index (χ0v) is 10.9. The van der Waals surface area contributed by atoms with Gasteiger partial charge >= 0.3 is 0 Å². The number of hydrogen-bond donors (Lipinski definition) is 2. The van der Waals surface area contributed by atoms with E-state index in [1.807, 2.05) is 13.8 Å². The number of hydrogen-bond acceptors (Lipinski definition) is 3. The topological polar surface area (TPSA) is 41.5 Å². The fraction of sp³-hybridized carbons (Fsp3) is 1.00. The van der Waals surface area contributed by atoms with E-state index in [0.29, 0.717) is 19.2 Å². The van der Waals surface area contributed by atoms with E-state index in [1.165, 1.54) is 25.7 Å². The zero-order valence-electron chi connectivity index (χ0n) is 10.9. The summed E-state index contributed by atoms with van der Waals surface area (Å²) in [5, 5.41) is 13.1. The van der Waals surface area contributed by atoms with Crippen LogP contribution in [0.3, 0.4) is 0 Å². The van der Waals surface area contributed by atoms with Crippen LogP contribution in [0.5, 0.6) is 0 Å². The molecule has 0 aliphatic heterocycles. The van der Waals surface area contributed by atoms with Crippen molar-refractivity contribution in [2.45, 2.75) is 64.7 Å². The van der Waals surface area contributed by atoms with E-state index in [-0.39, 0.29) is 12.2 Å². The number of rotatable bonds is 6. The molecule has 0 amide bonds. The van der Waals surface area contributed by atoms with Crippen LogP contribution in [0.1, 0.15) is 46.5 Å². The van der Waals surface area contributed by atoms with Crippen LogP contribution in [0.2, 0.25) is 0 Å². The lowest BCUT2D eigenvalue weighted by Crippen LogP contribution is -2.39. The summed E-state index contributed by atoms with van der Waals surface area (Å²) in [4.78, 5) is 0. The van der Waals surface area contributed by atoms with E-state index in [9.17, 15) is 5.11 Å². The van der Waals surface area contributed by atoms with Gasteiger partial charge in [0.1, 0.15) is 0 Å². The highest BCUT2D eigenvalue weighted by Gasteiger charge is 2.18. The molecule has 0 aromatic rings. The van der Waals surface area contributed by atoms with E-state index >= 15 is 0 Å². The summed E-state index contributed by atoms with van der Waals surface area (Å²) < 4.78 is 5.37. The number of ether oxygens (including phenoxy) is 1. The molecule has 1 fully saturated rings. The summed E-state index contributed by atoms with van der Waals surface area (Å²) >= 11 is 0. The lowest BCUT2D eigenvalue weighted by molar-refractivity contribution is 0.00488. The second-order valence-electron chi connectivity index (χ2n) is 5.40. The Bertz CT molecular complexity index is 177. The Labute approximate surface area is 99.6 Å². The Morgan fingerprint density at radius 2 is 1.88 bits per heavy atom. The maximum Gasteiger partial charge on any atom is 0.0897 e. The third-order valence-corrected chi connectivity index (χ3v) is 3.28. The number of aliphatic hydroxyl groups excluding tert-OH is 1. The molecule has 3 heteroatoms. The molecule has 0 saturated heterocycles. The average Bonchev–Trinajstić information content (AvgIpc) is 2.25. The Kier molecular flexibility index (Phi) is 6.32. The molecule has 1 rings (SSSR count). The van der Waals surface area contributed by atoms with E-state index in [1.54, 1.807) is 0 Å². The van der Waals surface area contributed by atoms with E-state index in [4.69, 9.17) is 4.74 Å². The summed E-state index contributed by atoms with van der Waals surface area (Å²) in [5.41, 5.74) is 0. The molecule has 3 nitrogen and oxygen atoms in total. The lowest BCUT2D eigenvalue weighted by Gasteiger charge is -2.28. The third kappa shape index (κ3) is 5.83. The van der Waals surface area contributed by atoms with Crippen LogP contribution in [0.25, 0.3) is 0 Å². The summed E-state index contributed by atoms with van der Waals surface area (Å²) in [6.07, 6.45) is 4.96. The molecule has 0 aromatic carbocycles. The van der Waals surface area contributed by atoms with Gasteiger partial charge in [0.15, 0.2) is 0 Å². The first-order chi connectivity index (χ1) is 7.58. The van der Waals surface area contributed by atoms with Gasteiger partial charge in [-0.3, -0.25) is 0 Å². The standard InChI is InChI=1S/C13H27NO2/c1-10(2)16-9-13(15)8-14-12-6-4-11(3)5-7-12/h10-15H,4-9H2,1-3H3. The smallest absolute Gasteiger partial charge is 0.0897 e. The van der Waals surface area contributed by atoms with Crippen LogP contribution in [-0.2, 0) is 4.74 Å². The maximum absolute atomic E-state index is 9.69. The minimum absolute atomic E-state index is 0.199. The molecule has 1 aliphatic carbocycles. The minimum atomic E-state index is -0.373. The summed E-state index contributed by atoms with van der Waals surface area (Å²) in [6, 6.07) is 0.602. The Balaban J connectivity index is 2.05. The molecule has 96 valence electrons. The SMILES string of the molecule is CC1CCC(NCC(O)COC(C)C)CC1.